The van der Waals surface area contributed by atoms with Crippen molar-refractivity contribution in [1.82, 2.24) is 5.32 Å². The van der Waals surface area contributed by atoms with Crippen LogP contribution in [0.2, 0.25) is 0 Å². The summed E-state index contributed by atoms with van der Waals surface area (Å²) in [6, 6.07) is 17.4. The summed E-state index contributed by atoms with van der Waals surface area (Å²) in [5.41, 5.74) is 1.32. The maximum absolute atomic E-state index is 12.1. The average Bonchev–Trinajstić information content (AvgIpc) is 3.22. The zero-order valence-corrected chi connectivity index (χ0v) is 17.8. The highest BCUT2D eigenvalue weighted by atomic mass is 32.2. The lowest BCUT2D eigenvalue weighted by molar-refractivity contribution is -0.120. The monoisotopic (exact) mass is 409 g/mol. The second-order valence-corrected chi connectivity index (χ2v) is 9.94. The Labute approximate surface area is 175 Å². The van der Waals surface area contributed by atoms with Gasteiger partial charge in [-0.15, -0.1) is 23.1 Å². The third-order valence-electron chi connectivity index (χ3n) is 5.43. The van der Waals surface area contributed by atoms with E-state index in [1.54, 1.807) is 11.3 Å². The molecule has 28 heavy (non-hydrogen) atoms. The molecule has 4 rings (SSSR count). The Balaban J connectivity index is 1.39. The molecule has 0 spiro atoms. The summed E-state index contributed by atoms with van der Waals surface area (Å²) in [5, 5.41) is 8.48. The highest BCUT2D eigenvalue weighted by Gasteiger charge is 2.15. The van der Waals surface area contributed by atoms with Gasteiger partial charge in [0, 0.05) is 21.6 Å². The topological polar surface area (TPSA) is 29.1 Å². The average molecular weight is 410 g/mol. The molecule has 1 aliphatic rings. The Morgan fingerprint density at radius 2 is 1.96 bits per heavy atom. The van der Waals surface area contributed by atoms with Gasteiger partial charge >= 0.3 is 0 Å². The summed E-state index contributed by atoms with van der Waals surface area (Å²) in [4.78, 5) is 14.6. The second-order valence-electron chi connectivity index (χ2n) is 7.53. The normalized spacial score (nSPS) is 15.0. The summed E-state index contributed by atoms with van der Waals surface area (Å²) in [7, 11) is 0. The molecule has 146 valence electrons. The summed E-state index contributed by atoms with van der Waals surface area (Å²) >= 11 is 3.69. The number of hydrogen-bond donors (Lipinski definition) is 1. The highest BCUT2D eigenvalue weighted by molar-refractivity contribution is 8.00. The maximum atomic E-state index is 12.1. The summed E-state index contributed by atoms with van der Waals surface area (Å²) < 4.78 is 0. The standard InChI is InChI=1S/C24H27NOS2/c26-24(17-21-10-5-15-27-21)25-14-13-19-7-4-6-18-11-12-22(16-23(18)19)28-20-8-2-1-3-9-20/h4-7,10-12,15-16,20H,1-3,8-9,13-14,17H2,(H,25,26). The fourth-order valence-corrected chi connectivity index (χ4v) is 5.94. The van der Waals surface area contributed by atoms with Crippen LogP contribution in [-0.4, -0.2) is 17.7 Å². The summed E-state index contributed by atoms with van der Waals surface area (Å²) in [6.45, 7) is 0.684. The highest BCUT2D eigenvalue weighted by Crippen LogP contribution is 2.35. The van der Waals surface area contributed by atoms with Crippen LogP contribution in [0, 0.1) is 0 Å². The van der Waals surface area contributed by atoms with E-state index in [-0.39, 0.29) is 5.91 Å². The van der Waals surface area contributed by atoms with E-state index in [9.17, 15) is 4.79 Å². The lowest BCUT2D eigenvalue weighted by atomic mass is 10.0. The van der Waals surface area contributed by atoms with Crippen LogP contribution in [0.5, 0.6) is 0 Å². The molecule has 1 N–H and O–H groups in total. The molecule has 0 saturated heterocycles. The minimum absolute atomic E-state index is 0.108. The molecule has 0 bridgehead atoms. The molecule has 0 radical (unpaired) electrons. The first kappa shape index (κ1) is 19.5. The number of benzene rings is 2. The number of thioether (sulfide) groups is 1. The molecule has 2 nitrogen and oxygen atoms in total. The van der Waals surface area contributed by atoms with Crippen molar-refractivity contribution in [3.8, 4) is 0 Å². The van der Waals surface area contributed by atoms with E-state index >= 15 is 0 Å². The number of carbonyl (C=O) groups is 1. The van der Waals surface area contributed by atoms with Crippen LogP contribution in [-0.2, 0) is 17.6 Å². The number of carbonyl (C=O) groups excluding carboxylic acids is 1. The van der Waals surface area contributed by atoms with Crippen LogP contribution < -0.4 is 5.32 Å². The van der Waals surface area contributed by atoms with E-state index < -0.39 is 0 Å². The molecule has 0 aliphatic heterocycles. The number of amides is 1. The van der Waals surface area contributed by atoms with Gasteiger partial charge in [0.1, 0.15) is 0 Å². The van der Waals surface area contributed by atoms with Gasteiger partial charge in [-0.3, -0.25) is 4.79 Å². The lowest BCUT2D eigenvalue weighted by Gasteiger charge is -2.21. The van der Waals surface area contributed by atoms with Crippen LogP contribution in [0.1, 0.15) is 42.5 Å². The van der Waals surface area contributed by atoms with Gasteiger partial charge in [-0.1, -0.05) is 49.6 Å². The van der Waals surface area contributed by atoms with Crippen molar-refractivity contribution in [3.63, 3.8) is 0 Å². The molecule has 1 saturated carbocycles. The van der Waals surface area contributed by atoms with Crippen LogP contribution in [0.25, 0.3) is 10.8 Å². The Hall–Kier alpha value is -1.78. The van der Waals surface area contributed by atoms with Crippen molar-refractivity contribution in [1.29, 1.82) is 0 Å². The lowest BCUT2D eigenvalue weighted by Crippen LogP contribution is -2.27. The SMILES string of the molecule is O=C(Cc1cccs1)NCCc1cccc2ccc(SC3CCCCC3)cc12. The van der Waals surface area contributed by atoms with Gasteiger partial charge in [-0.05, 0) is 59.2 Å². The fourth-order valence-electron chi connectivity index (χ4n) is 3.95. The van der Waals surface area contributed by atoms with Gasteiger partial charge in [0.05, 0.1) is 6.42 Å². The Kier molecular flexibility index (Phi) is 6.71. The molecule has 1 aromatic heterocycles. The van der Waals surface area contributed by atoms with Gasteiger partial charge in [-0.25, -0.2) is 0 Å². The van der Waals surface area contributed by atoms with Gasteiger partial charge in [0.2, 0.25) is 5.91 Å². The van der Waals surface area contributed by atoms with Crippen molar-refractivity contribution in [2.24, 2.45) is 0 Å². The smallest absolute Gasteiger partial charge is 0.225 e. The first-order valence-corrected chi connectivity index (χ1v) is 12.0. The predicted octanol–water partition coefficient (Wildman–Crippen LogP) is 6.23. The quantitative estimate of drug-likeness (QED) is 0.501. The first-order valence-electron chi connectivity index (χ1n) is 10.3. The third kappa shape index (κ3) is 5.18. The number of thiophene rings is 1. The van der Waals surface area contributed by atoms with Gasteiger partial charge in [0.25, 0.3) is 0 Å². The van der Waals surface area contributed by atoms with Crippen LogP contribution in [0.4, 0.5) is 0 Å². The van der Waals surface area contributed by atoms with Crippen molar-refractivity contribution in [2.45, 2.75) is 55.1 Å². The van der Waals surface area contributed by atoms with Crippen molar-refractivity contribution in [2.75, 3.05) is 6.54 Å². The molecule has 0 unspecified atom stereocenters. The molecule has 1 amide bonds. The summed E-state index contributed by atoms with van der Waals surface area (Å²) in [6.07, 6.45) is 8.20. The molecule has 3 aromatic rings. The van der Waals surface area contributed by atoms with E-state index in [2.05, 4.69) is 53.5 Å². The number of hydrogen-bond acceptors (Lipinski definition) is 3. The van der Waals surface area contributed by atoms with Crippen LogP contribution in [0.15, 0.2) is 58.8 Å². The second kappa shape index (κ2) is 9.62. The fraction of sp³-hybridized carbons (Fsp3) is 0.375. The molecular formula is C24H27NOS2. The minimum atomic E-state index is 0.108. The largest absolute Gasteiger partial charge is 0.355 e. The van der Waals surface area contributed by atoms with Gasteiger partial charge in [-0.2, -0.15) is 0 Å². The molecule has 4 heteroatoms. The summed E-state index contributed by atoms with van der Waals surface area (Å²) in [5.74, 6) is 0.108. The van der Waals surface area contributed by atoms with E-state index in [0.717, 1.165) is 16.5 Å². The van der Waals surface area contributed by atoms with Gasteiger partial charge < -0.3 is 5.32 Å². The Bertz CT molecular complexity index is 914. The first-order chi connectivity index (χ1) is 13.8. The van der Waals surface area contributed by atoms with E-state index in [4.69, 9.17) is 0 Å². The van der Waals surface area contributed by atoms with Crippen molar-refractivity contribution in [3.05, 3.63) is 64.4 Å². The Morgan fingerprint density at radius 1 is 1.07 bits per heavy atom. The van der Waals surface area contributed by atoms with Gasteiger partial charge in [0.15, 0.2) is 0 Å². The molecule has 1 heterocycles. The van der Waals surface area contributed by atoms with E-state index in [1.165, 1.54) is 53.3 Å². The molecule has 0 atom stereocenters. The Morgan fingerprint density at radius 3 is 2.79 bits per heavy atom. The molecule has 2 aromatic carbocycles. The maximum Gasteiger partial charge on any atom is 0.225 e. The number of rotatable bonds is 7. The van der Waals surface area contributed by atoms with Crippen molar-refractivity contribution < 1.29 is 4.79 Å². The number of nitrogens with one attached hydrogen (secondary N) is 1. The van der Waals surface area contributed by atoms with Crippen LogP contribution >= 0.6 is 23.1 Å². The molecular weight excluding hydrogens is 382 g/mol. The zero-order chi connectivity index (χ0) is 19.2. The molecule has 1 fully saturated rings. The van der Waals surface area contributed by atoms with E-state index in [0.29, 0.717) is 13.0 Å². The van der Waals surface area contributed by atoms with Crippen molar-refractivity contribution >= 4 is 39.8 Å². The number of fused-ring (bicyclic) bond motifs is 1. The van der Waals surface area contributed by atoms with E-state index in [1.807, 2.05) is 17.5 Å². The minimum Gasteiger partial charge on any atom is -0.355 e. The predicted molar refractivity (Wildman–Crippen MR) is 121 cm³/mol. The molecule has 1 aliphatic carbocycles. The third-order valence-corrected chi connectivity index (χ3v) is 7.64. The zero-order valence-electron chi connectivity index (χ0n) is 16.2. The van der Waals surface area contributed by atoms with Crippen LogP contribution in [0.3, 0.4) is 0 Å².